The molecule has 0 radical (unpaired) electrons. The fourth-order valence-electron chi connectivity index (χ4n) is 2.23. The maximum atomic E-state index is 12.5. The molecule has 1 aromatic carbocycles. The zero-order valence-electron chi connectivity index (χ0n) is 13.9. The van der Waals surface area contributed by atoms with E-state index in [0.29, 0.717) is 23.0 Å². The van der Waals surface area contributed by atoms with Crippen LogP contribution in [0.25, 0.3) is 0 Å². The summed E-state index contributed by atoms with van der Waals surface area (Å²) in [6.07, 6.45) is 2.06. The average Bonchev–Trinajstić information content (AvgIpc) is 3.05. The van der Waals surface area contributed by atoms with Crippen LogP contribution in [0.3, 0.4) is 0 Å². The lowest BCUT2D eigenvalue weighted by atomic mass is 9.95. The second-order valence-corrected chi connectivity index (χ2v) is 6.00. The minimum Gasteiger partial charge on any atom is -0.497 e. The number of hydrogen-bond donors (Lipinski definition) is 1. The highest BCUT2D eigenvalue weighted by Crippen LogP contribution is 2.25. The summed E-state index contributed by atoms with van der Waals surface area (Å²) >= 11 is 1.10. The average molecular weight is 348 g/mol. The lowest BCUT2D eigenvalue weighted by Gasteiger charge is -2.14. The summed E-state index contributed by atoms with van der Waals surface area (Å²) in [5.41, 5.74) is 0.901. The number of carbonyl (C=O) groups excluding carboxylic acids is 2. The van der Waals surface area contributed by atoms with Crippen LogP contribution in [0.5, 0.6) is 5.75 Å². The summed E-state index contributed by atoms with van der Waals surface area (Å²) in [6, 6.07) is 7.40. The topological polar surface area (TPSA) is 77.5 Å². The van der Waals surface area contributed by atoms with Gasteiger partial charge in [-0.1, -0.05) is 30.4 Å². The molecule has 24 heavy (non-hydrogen) atoms. The number of thiazole rings is 1. The highest BCUT2D eigenvalue weighted by atomic mass is 32.1. The molecular weight excluding hydrogens is 328 g/mol. The summed E-state index contributed by atoms with van der Waals surface area (Å²) in [5.74, 6) is -0.149. The van der Waals surface area contributed by atoms with Gasteiger partial charge in [0.2, 0.25) is 5.91 Å². The van der Waals surface area contributed by atoms with E-state index in [1.54, 1.807) is 14.0 Å². The number of amides is 1. The van der Waals surface area contributed by atoms with Crippen LogP contribution in [-0.4, -0.2) is 30.6 Å². The van der Waals surface area contributed by atoms with Crippen LogP contribution >= 0.6 is 11.3 Å². The molecule has 1 heterocycles. The number of esters is 1. The van der Waals surface area contributed by atoms with E-state index in [1.807, 2.05) is 31.2 Å². The molecule has 1 aromatic heterocycles. The first kappa shape index (κ1) is 17.9. The molecule has 1 amide bonds. The summed E-state index contributed by atoms with van der Waals surface area (Å²) < 4.78 is 10.0. The molecule has 0 saturated carbocycles. The molecule has 0 bridgehead atoms. The number of nitrogens with zero attached hydrogens (tertiary/aromatic N) is 1. The first-order valence-electron chi connectivity index (χ1n) is 7.66. The van der Waals surface area contributed by atoms with E-state index in [1.165, 1.54) is 6.20 Å². The zero-order valence-corrected chi connectivity index (χ0v) is 14.7. The number of hydrogen-bond acceptors (Lipinski definition) is 6. The quantitative estimate of drug-likeness (QED) is 0.775. The lowest BCUT2D eigenvalue weighted by molar-refractivity contribution is -0.117. The SMILES string of the molecule is CCOC(=O)c1cnc(NC(=O)[C@@H](CC)c2ccc(OC)cc2)s1. The molecule has 2 rings (SSSR count). The molecule has 0 saturated heterocycles. The molecule has 0 fully saturated rings. The molecule has 6 nitrogen and oxygen atoms in total. The van der Waals surface area contributed by atoms with Crippen molar-refractivity contribution in [2.24, 2.45) is 0 Å². The van der Waals surface area contributed by atoms with Crippen LogP contribution in [0.15, 0.2) is 30.5 Å². The van der Waals surface area contributed by atoms with E-state index >= 15 is 0 Å². The Bertz CT molecular complexity index is 697. The Balaban J connectivity index is 2.07. The second kappa shape index (κ2) is 8.44. The van der Waals surface area contributed by atoms with E-state index in [9.17, 15) is 9.59 Å². The number of anilines is 1. The van der Waals surface area contributed by atoms with Crippen LogP contribution in [0.4, 0.5) is 5.13 Å². The van der Waals surface area contributed by atoms with Crippen molar-refractivity contribution in [3.8, 4) is 5.75 Å². The van der Waals surface area contributed by atoms with E-state index in [4.69, 9.17) is 9.47 Å². The Hall–Kier alpha value is -2.41. The minimum absolute atomic E-state index is 0.160. The Morgan fingerprint density at radius 3 is 2.54 bits per heavy atom. The first-order valence-corrected chi connectivity index (χ1v) is 8.48. The summed E-state index contributed by atoms with van der Waals surface area (Å²) in [4.78, 5) is 28.6. The van der Waals surface area contributed by atoms with Gasteiger partial charge in [-0.2, -0.15) is 0 Å². The van der Waals surface area contributed by atoms with Crippen LogP contribution in [0.2, 0.25) is 0 Å². The molecule has 2 aromatic rings. The molecule has 1 N–H and O–H groups in total. The smallest absolute Gasteiger partial charge is 0.350 e. The summed E-state index contributed by atoms with van der Waals surface area (Å²) in [7, 11) is 1.60. The van der Waals surface area contributed by atoms with Gasteiger partial charge in [0.15, 0.2) is 5.13 Å². The van der Waals surface area contributed by atoms with Gasteiger partial charge in [-0.3, -0.25) is 4.79 Å². The van der Waals surface area contributed by atoms with Crippen LogP contribution in [0, 0.1) is 0 Å². The highest BCUT2D eigenvalue weighted by molar-refractivity contribution is 7.17. The van der Waals surface area contributed by atoms with E-state index in [0.717, 1.165) is 22.6 Å². The van der Waals surface area contributed by atoms with Crippen LogP contribution < -0.4 is 10.1 Å². The van der Waals surface area contributed by atoms with Gasteiger partial charge in [0.1, 0.15) is 10.6 Å². The largest absolute Gasteiger partial charge is 0.497 e. The van der Waals surface area contributed by atoms with Gasteiger partial charge >= 0.3 is 5.97 Å². The van der Waals surface area contributed by atoms with Crippen molar-refractivity contribution in [2.45, 2.75) is 26.2 Å². The van der Waals surface area contributed by atoms with Gasteiger partial charge in [0.25, 0.3) is 0 Å². The zero-order chi connectivity index (χ0) is 17.5. The highest BCUT2D eigenvalue weighted by Gasteiger charge is 2.21. The van der Waals surface area contributed by atoms with Crippen molar-refractivity contribution in [1.29, 1.82) is 0 Å². The standard InChI is InChI=1S/C17H20N2O4S/c1-4-13(11-6-8-12(22-3)9-7-11)15(20)19-17-18-10-14(24-17)16(21)23-5-2/h6-10,13H,4-5H2,1-3H3,(H,18,19,20)/t13-/m0/s1. The van der Waals surface area contributed by atoms with Gasteiger partial charge in [-0.25, -0.2) is 9.78 Å². The van der Waals surface area contributed by atoms with Crippen molar-refractivity contribution < 1.29 is 19.1 Å². The molecule has 0 spiro atoms. The minimum atomic E-state index is -0.433. The lowest BCUT2D eigenvalue weighted by Crippen LogP contribution is -2.20. The third kappa shape index (κ3) is 4.32. The fourth-order valence-corrected chi connectivity index (χ4v) is 2.94. The molecule has 1 atom stereocenters. The van der Waals surface area contributed by atoms with Crippen molar-refractivity contribution in [3.63, 3.8) is 0 Å². The molecular formula is C17H20N2O4S. The second-order valence-electron chi connectivity index (χ2n) is 4.97. The normalized spacial score (nSPS) is 11.6. The number of methoxy groups -OCH3 is 1. The van der Waals surface area contributed by atoms with Crippen molar-refractivity contribution in [3.05, 3.63) is 40.9 Å². The van der Waals surface area contributed by atoms with Crippen molar-refractivity contribution in [2.75, 3.05) is 19.0 Å². The van der Waals surface area contributed by atoms with Crippen LogP contribution in [-0.2, 0) is 9.53 Å². The van der Waals surface area contributed by atoms with E-state index < -0.39 is 5.97 Å². The third-order valence-electron chi connectivity index (χ3n) is 3.46. The number of benzene rings is 1. The Labute approximate surface area is 144 Å². The van der Waals surface area contributed by atoms with Crippen molar-refractivity contribution in [1.82, 2.24) is 4.98 Å². The molecule has 0 aliphatic heterocycles. The molecule has 0 aliphatic rings. The molecule has 7 heteroatoms. The number of rotatable bonds is 7. The fraction of sp³-hybridized carbons (Fsp3) is 0.353. The summed E-state index contributed by atoms with van der Waals surface area (Å²) in [5, 5.41) is 3.15. The van der Waals surface area contributed by atoms with Crippen molar-refractivity contribution >= 4 is 28.3 Å². The number of aromatic nitrogens is 1. The Morgan fingerprint density at radius 2 is 1.96 bits per heavy atom. The molecule has 0 aliphatic carbocycles. The first-order chi connectivity index (χ1) is 11.6. The Morgan fingerprint density at radius 1 is 1.25 bits per heavy atom. The van der Waals surface area contributed by atoms with E-state index in [2.05, 4.69) is 10.3 Å². The van der Waals surface area contributed by atoms with Gasteiger partial charge in [0, 0.05) is 0 Å². The van der Waals surface area contributed by atoms with Crippen LogP contribution in [0.1, 0.15) is 41.4 Å². The molecule has 0 unspecified atom stereocenters. The summed E-state index contributed by atoms with van der Waals surface area (Å²) in [6.45, 7) is 3.98. The monoisotopic (exact) mass is 348 g/mol. The number of nitrogens with one attached hydrogen (secondary N) is 1. The maximum Gasteiger partial charge on any atom is 0.350 e. The number of ether oxygens (including phenoxy) is 2. The Kier molecular flexibility index (Phi) is 6.31. The number of carbonyl (C=O) groups is 2. The van der Waals surface area contributed by atoms with Gasteiger partial charge in [0.05, 0.1) is 25.8 Å². The molecule has 128 valence electrons. The maximum absolute atomic E-state index is 12.5. The van der Waals surface area contributed by atoms with Gasteiger partial charge in [-0.05, 0) is 31.0 Å². The predicted molar refractivity (Wildman–Crippen MR) is 92.7 cm³/mol. The van der Waals surface area contributed by atoms with E-state index in [-0.39, 0.29) is 11.8 Å². The van der Waals surface area contributed by atoms with Gasteiger partial charge in [-0.15, -0.1) is 0 Å². The third-order valence-corrected chi connectivity index (χ3v) is 4.35. The van der Waals surface area contributed by atoms with Gasteiger partial charge < -0.3 is 14.8 Å². The predicted octanol–water partition coefficient (Wildman–Crippen LogP) is 3.46.